The van der Waals surface area contributed by atoms with Crippen LogP contribution in [0.5, 0.6) is 0 Å². The molecule has 2 unspecified atom stereocenters. The second-order valence-electron chi connectivity index (χ2n) is 7.54. The molecule has 1 fully saturated rings. The molecule has 0 spiro atoms. The van der Waals surface area contributed by atoms with Crippen molar-refractivity contribution in [2.75, 3.05) is 13.1 Å². The van der Waals surface area contributed by atoms with Crippen molar-refractivity contribution < 1.29 is 22.4 Å². The van der Waals surface area contributed by atoms with E-state index in [0.29, 0.717) is 25.8 Å². The Morgan fingerprint density at radius 1 is 1.29 bits per heavy atom. The molecule has 2 atom stereocenters. The third kappa shape index (κ3) is 5.62. The summed E-state index contributed by atoms with van der Waals surface area (Å²) >= 11 is 0. The average molecular weight is 446 g/mol. The van der Waals surface area contributed by atoms with Gasteiger partial charge in [0.15, 0.2) is 0 Å². The number of rotatable bonds is 8. The molecule has 1 aliphatic heterocycles. The maximum Gasteiger partial charge on any atom is 0.276 e. The summed E-state index contributed by atoms with van der Waals surface area (Å²) in [7, 11) is -3.89. The van der Waals surface area contributed by atoms with E-state index in [0.717, 1.165) is 11.8 Å². The monoisotopic (exact) mass is 445 g/mol. The quantitative estimate of drug-likeness (QED) is 0.605. The van der Waals surface area contributed by atoms with Gasteiger partial charge < -0.3 is 15.1 Å². The predicted molar refractivity (Wildman–Crippen MR) is 116 cm³/mol. The van der Waals surface area contributed by atoms with E-state index in [1.54, 1.807) is 6.92 Å². The van der Waals surface area contributed by atoms with E-state index < -0.39 is 10.0 Å². The second-order valence-corrected chi connectivity index (χ2v) is 9.37. The van der Waals surface area contributed by atoms with Crippen LogP contribution in [0, 0.1) is 0 Å². The molecule has 3 rings (SSSR count). The zero-order chi connectivity index (χ0) is 22.4. The van der Waals surface area contributed by atoms with Crippen LogP contribution in [0.1, 0.15) is 35.7 Å². The normalized spacial score (nSPS) is 19.5. The molecule has 1 aliphatic rings. The van der Waals surface area contributed by atoms with Crippen LogP contribution in [0.2, 0.25) is 0 Å². The number of carbonyl (C=O) groups is 2. The maximum absolute atomic E-state index is 13.0. The van der Waals surface area contributed by atoms with E-state index in [1.807, 2.05) is 30.3 Å². The number of sulfonamides is 1. The maximum atomic E-state index is 13.0. The molecule has 0 bridgehead atoms. The van der Waals surface area contributed by atoms with Gasteiger partial charge in [0, 0.05) is 31.2 Å². The number of piperidine rings is 1. The summed E-state index contributed by atoms with van der Waals surface area (Å²) in [6.45, 7) is 5.88. The topological polar surface area (TPSA) is 109 Å². The molecule has 8 nitrogen and oxygen atoms in total. The summed E-state index contributed by atoms with van der Waals surface area (Å²) in [6.07, 6.45) is 3.99. The van der Waals surface area contributed by atoms with Crippen LogP contribution in [0.15, 0.2) is 64.8 Å². The molecule has 1 aromatic carbocycles. The second kappa shape index (κ2) is 9.93. The van der Waals surface area contributed by atoms with Crippen molar-refractivity contribution in [3.05, 3.63) is 66.4 Å². The minimum Gasteiger partial charge on any atom is -0.451 e. The summed E-state index contributed by atoms with van der Waals surface area (Å²) in [4.78, 5) is 23.9. The molecule has 166 valence electrons. The van der Waals surface area contributed by atoms with Crippen LogP contribution in [0.4, 0.5) is 0 Å². The Morgan fingerprint density at radius 2 is 2.03 bits per heavy atom. The summed E-state index contributed by atoms with van der Waals surface area (Å²) in [5.41, 5.74) is 1.26. The number of carbonyl (C=O) groups excluding carboxylic acids is 2. The zero-order valence-corrected chi connectivity index (χ0v) is 18.2. The first-order valence-electron chi connectivity index (χ1n) is 10.2. The third-order valence-corrected chi connectivity index (χ3v) is 7.17. The molecule has 2 heterocycles. The van der Waals surface area contributed by atoms with Gasteiger partial charge in [0.1, 0.15) is 6.26 Å². The van der Waals surface area contributed by atoms with Gasteiger partial charge in [0.25, 0.3) is 15.9 Å². The number of hydrogen-bond donors (Lipinski definition) is 2. The van der Waals surface area contributed by atoms with Gasteiger partial charge in [0.05, 0.1) is 5.56 Å². The fraction of sp³-hybridized carbons (Fsp3) is 0.364. The van der Waals surface area contributed by atoms with Gasteiger partial charge in [-0.05, 0) is 37.8 Å². The Morgan fingerprint density at radius 3 is 2.71 bits per heavy atom. The smallest absolute Gasteiger partial charge is 0.276 e. The first kappa shape index (κ1) is 22.8. The highest BCUT2D eigenvalue weighted by Gasteiger charge is 2.36. The number of furan rings is 1. The summed E-state index contributed by atoms with van der Waals surface area (Å²) in [5.74, 6) is -0.664. The van der Waals surface area contributed by atoms with E-state index >= 15 is 0 Å². The van der Waals surface area contributed by atoms with Crippen molar-refractivity contribution >= 4 is 21.8 Å². The van der Waals surface area contributed by atoms with E-state index in [4.69, 9.17) is 4.42 Å². The summed E-state index contributed by atoms with van der Waals surface area (Å²) in [5, 5.41) is 5.32. The van der Waals surface area contributed by atoms with E-state index in [2.05, 4.69) is 17.2 Å². The number of benzene rings is 1. The number of amides is 2. The van der Waals surface area contributed by atoms with Gasteiger partial charge in [0.2, 0.25) is 11.0 Å². The zero-order valence-electron chi connectivity index (χ0n) is 17.4. The van der Waals surface area contributed by atoms with Gasteiger partial charge in [-0.25, -0.2) is 8.42 Å². The number of nitrogens with zero attached hydrogens (tertiary/aromatic N) is 1. The van der Waals surface area contributed by atoms with Crippen molar-refractivity contribution in [2.45, 2.75) is 43.4 Å². The molecule has 1 saturated heterocycles. The number of hydrogen-bond acceptors (Lipinski definition) is 5. The molecule has 0 aliphatic carbocycles. The highest BCUT2D eigenvalue weighted by atomic mass is 32.2. The van der Waals surface area contributed by atoms with Crippen LogP contribution in [-0.4, -0.2) is 49.7 Å². The highest BCUT2D eigenvalue weighted by molar-refractivity contribution is 7.89. The molecule has 1 aromatic heterocycles. The Bertz CT molecular complexity index is 1030. The van der Waals surface area contributed by atoms with Crippen LogP contribution < -0.4 is 10.6 Å². The summed E-state index contributed by atoms with van der Waals surface area (Å²) in [6, 6.07) is 10.5. The standard InChI is InChI=1S/C22H27N3O5S/c1-3-20(26)24-19-10-12-25(16(2)13-19)31(28,29)21-14-18(15-30-21)22(27)23-11-9-17-7-5-4-6-8-17/h3-8,14-16,19H,1,9-13H2,2H3,(H,23,27)(H,24,26). The lowest BCUT2D eigenvalue weighted by Gasteiger charge is -2.36. The minimum absolute atomic E-state index is 0.116. The fourth-order valence-electron chi connectivity index (χ4n) is 3.65. The SMILES string of the molecule is C=CC(=O)NC1CCN(S(=O)(=O)c2cc(C(=O)NCCc3ccccc3)co2)C(C)C1. The minimum atomic E-state index is -3.89. The molecule has 0 radical (unpaired) electrons. The van der Waals surface area contributed by atoms with Gasteiger partial charge in [-0.1, -0.05) is 36.9 Å². The van der Waals surface area contributed by atoms with Gasteiger partial charge in [-0.2, -0.15) is 4.31 Å². The Kier molecular flexibility index (Phi) is 7.29. The Balaban J connectivity index is 1.59. The van der Waals surface area contributed by atoms with Crippen molar-refractivity contribution in [1.29, 1.82) is 0 Å². The Hall–Kier alpha value is -2.91. The van der Waals surface area contributed by atoms with E-state index in [9.17, 15) is 18.0 Å². The van der Waals surface area contributed by atoms with Crippen LogP contribution in [0.25, 0.3) is 0 Å². The molecule has 31 heavy (non-hydrogen) atoms. The van der Waals surface area contributed by atoms with Gasteiger partial charge in [-0.3, -0.25) is 9.59 Å². The highest BCUT2D eigenvalue weighted by Crippen LogP contribution is 2.26. The van der Waals surface area contributed by atoms with Crippen LogP contribution in [0.3, 0.4) is 0 Å². The fourth-order valence-corrected chi connectivity index (χ4v) is 5.23. The van der Waals surface area contributed by atoms with Crippen molar-refractivity contribution in [3.8, 4) is 0 Å². The first-order valence-corrected chi connectivity index (χ1v) is 11.6. The summed E-state index contributed by atoms with van der Waals surface area (Å²) < 4.78 is 32.6. The number of nitrogens with one attached hydrogen (secondary N) is 2. The molecular formula is C22H27N3O5S. The third-order valence-electron chi connectivity index (χ3n) is 5.29. The lowest BCUT2D eigenvalue weighted by Crippen LogP contribution is -2.50. The van der Waals surface area contributed by atoms with Crippen LogP contribution in [-0.2, 0) is 21.2 Å². The molecule has 2 amide bonds. The van der Waals surface area contributed by atoms with E-state index in [1.165, 1.54) is 16.4 Å². The lowest BCUT2D eigenvalue weighted by molar-refractivity contribution is -0.117. The molecule has 9 heteroatoms. The average Bonchev–Trinajstić information content (AvgIpc) is 3.25. The Labute approximate surface area is 182 Å². The van der Waals surface area contributed by atoms with Crippen molar-refractivity contribution in [3.63, 3.8) is 0 Å². The van der Waals surface area contributed by atoms with E-state index in [-0.39, 0.29) is 41.1 Å². The molecule has 2 N–H and O–H groups in total. The van der Waals surface area contributed by atoms with Crippen molar-refractivity contribution in [1.82, 2.24) is 14.9 Å². The van der Waals surface area contributed by atoms with Gasteiger partial charge in [-0.15, -0.1) is 0 Å². The predicted octanol–water partition coefficient (Wildman–Crippen LogP) is 2.10. The molecule has 0 saturated carbocycles. The van der Waals surface area contributed by atoms with Gasteiger partial charge >= 0.3 is 0 Å². The molecular weight excluding hydrogens is 418 g/mol. The van der Waals surface area contributed by atoms with Crippen LogP contribution >= 0.6 is 0 Å². The molecule has 2 aromatic rings. The lowest BCUT2D eigenvalue weighted by atomic mass is 10.0. The van der Waals surface area contributed by atoms with Crippen molar-refractivity contribution in [2.24, 2.45) is 0 Å². The largest absolute Gasteiger partial charge is 0.451 e. The first-order chi connectivity index (χ1) is 14.8.